The average Bonchev–Trinajstić information content (AvgIpc) is 2.78. The summed E-state index contributed by atoms with van der Waals surface area (Å²) >= 11 is 3.38. The van der Waals surface area contributed by atoms with Gasteiger partial charge in [0, 0.05) is 29.2 Å². The maximum Gasteiger partial charge on any atom is 0.253 e. The third-order valence-electron chi connectivity index (χ3n) is 3.27. The smallest absolute Gasteiger partial charge is 0.253 e. The second-order valence-electron chi connectivity index (χ2n) is 4.66. The van der Waals surface area contributed by atoms with Gasteiger partial charge in [-0.25, -0.2) is 0 Å². The first-order valence-corrected chi connectivity index (χ1v) is 6.58. The van der Waals surface area contributed by atoms with Crippen LogP contribution in [0.3, 0.4) is 0 Å². The molecule has 0 radical (unpaired) electrons. The molecule has 1 aliphatic rings. The van der Waals surface area contributed by atoms with Crippen molar-refractivity contribution in [2.24, 2.45) is 0 Å². The van der Waals surface area contributed by atoms with Crippen molar-refractivity contribution in [3.63, 3.8) is 0 Å². The number of likely N-dealkylation sites (N-methyl/N-ethyl adjacent to an activating group) is 1. The summed E-state index contributed by atoms with van der Waals surface area (Å²) < 4.78 is 1.00. The Morgan fingerprint density at radius 3 is 2.53 bits per heavy atom. The standard InChI is InChI=1S/C13H17BrN2O/c1-15(2)12-7-8-16(9-12)13(17)10-3-5-11(14)6-4-10/h3-6,12H,7-9H2,1-2H3/t12-/m1/s1. The van der Waals surface area contributed by atoms with Crippen molar-refractivity contribution < 1.29 is 4.79 Å². The Kier molecular flexibility index (Phi) is 3.84. The number of benzene rings is 1. The third-order valence-corrected chi connectivity index (χ3v) is 3.80. The van der Waals surface area contributed by atoms with Crippen LogP contribution in [0, 0.1) is 0 Å². The van der Waals surface area contributed by atoms with Crippen molar-refractivity contribution in [3.8, 4) is 0 Å². The van der Waals surface area contributed by atoms with Crippen molar-refractivity contribution in [1.82, 2.24) is 9.80 Å². The zero-order valence-corrected chi connectivity index (χ0v) is 11.8. The van der Waals surface area contributed by atoms with Gasteiger partial charge < -0.3 is 9.80 Å². The molecule has 4 heteroatoms. The lowest BCUT2D eigenvalue weighted by Crippen LogP contribution is -2.34. The Hall–Kier alpha value is -0.870. The minimum atomic E-state index is 0.141. The molecule has 0 aliphatic carbocycles. The van der Waals surface area contributed by atoms with Gasteiger partial charge in [0.25, 0.3) is 5.91 Å². The fourth-order valence-corrected chi connectivity index (χ4v) is 2.39. The molecule has 1 heterocycles. The second-order valence-corrected chi connectivity index (χ2v) is 5.58. The highest BCUT2D eigenvalue weighted by molar-refractivity contribution is 9.10. The van der Waals surface area contributed by atoms with Crippen LogP contribution in [-0.2, 0) is 0 Å². The van der Waals surface area contributed by atoms with Gasteiger partial charge in [-0.15, -0.1) is 0 Å². The Morgan fingerprint density at radius 1 is 1.35 bits per heavy atom. The van der Waals surface area contributed by atoms with E-state index >= 15 is 0 Å². The number of rotatable bonds is 2. The summed E-state index contributed by atoms with van der Waals surface area (Å²) in [5.41, 5.74) is 0.771. The molecule has 2 rings (SSSR count). The van der Waals surface area contributed by atoms with Gasteiger partial charge in [-0.2, -0.15) is 0 Å². The number of halogens is 1. The fourth-order valence-electron chi connectivity index (χ4n) is 2.12. The van der Waals surface area contributed by atoms with Crippen molar-refractivity contribution in [2.75, 3.05) is 27.2 Å². The molecule has 0 unspecified atom stereocenters. The minimum Gasteiger partial charge on any atom is -0.337 e. The molecule has 0 saturated carbocycles. The number of amides is 1. The molecular formula is C13H17BrN2O. The number of nitrogens with zero attached hydrogens (tertiary/aromatic N) is 2. The van der Waals surface area contributed by atoms with E-state index in [9.17, 15) is 4.79 Å². The van der Waals surface area contributed by atoms with E-state index in [0.29, 0.717) is 6.04 Å². The van der Waals surface area contributed by atoms with Crippen LogP contribution >= 0.6 is 15.9 Å². The van der Waals surface area contributed by atoms with Gasteiger partial charge in [0.05, 0.1) is 0 Å². The number of hydrogen-bond donors (Lipinski definition) is 0. The van der Waals surface area contributed by atoms with Crippen molar-refractivity contribution in [1.29, 1.82) is 0 Å². The minimum absolute atomic E-state index is 0.141. The third kappa shape index (κ3) is 2.87. The van der Waals surface area contributed by atoms with Gasteiger partial charge in [0.15, 0.2) is 0 Å². The lowest BCUT2D eigenvalue weighted by Gasteiger charge is -2.20. The first-order valence-electron chi connectivity index (χ1n) is 5.79. The summed E-state index contributed by atoms with van der Waals surface area (Å²) in [7, 11) is 4.14. The van der Waals surface area contributed by atoms with Gasteiger partial charge in [0.1, 0.15) is 0 Å². The molecule has 92 valence electrons. The molecule has 0 bridgehead atoms. The van der Waals surface area contributed by atoms with E-state index in [1.54, 1.807) is 0 Å². The summed E-state index contributed by atoms with van der Waals surface area (Å²) in [5.74, 6) is 0.141. The molecule has 1 fully saturated rings. The lowest BCUT2D eigenvalue weighted by atomic mass is 10.2. The molecule has 1 aromatic rings. The fraction of sp³-hybridized carbons (Fsp3) is 0.462. The normalized spacial score (nSPS) is 20.0. The van der Waals surface area contributed by atoms with Gasteiger partial charge in [-0.1, -0.05) is 15.9 Å². The quantitative estimate of drug-likeness (QED) is 0.836. The van der Waals surface area contributed by atoms with Crippen LogP contribution in [0.5, 0.6) is 0 Å². The first-order chi connectivity index (χ1) is 8.08. The largest absolute Gasteiger partial charge is 0.337 e. The summed E-state index contributed by atoms with van der Waals surface area (Å²) in [6, 6.07) is 8.05. The van der Waals surface area contributed by atoms with Crippen LogP contribution < -0.4 is 0 Å². The highest BCUT2D eigenvalue weighted by Gasteiger charge is 2.27. The van der Waals surface area contributed by atoms with Gasteiger partial charge in [0.2, 0.25) is 0 Å². The van der Waals surface area contributed by atoms with Gasteiger partial charge in [-0.3, -0.25) is 4.79 Å². The number of likely N-dealkylation sites (tertiary alicyclic amines) is 1. The molecule has 3 nitrogen and oxygen atoms in total. The van der Waals surface area contributed by atoms with Crippen LogP contribution in [-0.4, -0.2) is 48.9 Å². The predicted octanol–water partition coefficient (Wildman–Crippen LogP) is 2.23. The van der Waals surface area contributed by atoms with E-state index in [0.717, 1.165) is 29.5 Å². The Bertz CT molecular complexity index is 402. The highest BCUT2D eigenvalue weighted by atomic mass is 79.9. The molecule has 1 amide bonds. The van der Waals surface area contributed by atoms with E-state index in [1.165, 1.54) is 0 Å². The maximum absolute atomic E-state index is 12.2. The maximum atomic E-state index is 12.2. The summed E-state index contributed by atoms with van der Waals surface area (Å²) in [6.45, 7) is 1.69. The number of carbonyl (C=O) groups is 1. The summed E-state index contributed by atoms with van der Waals surface area (Å²) in [6.07, 6.45) is 1.06. The predicted molar refractivity (Wildman–Crippen MR) is 72.1 cm³/mol. The van der Waals surface area contributed by atoms with Gasteiger partial charge >= 0.3 is 0 Å². The summed E-state index contributed by atoms with van der Waals surface area (Å²) in [4.78, 5) is 16.3. The number of carbonyl (C=O) groups excluding carboxylic acids is 1. The average molecular weight is 297 g/mol. The molecule has 0 N–H and O–H groups in total. The van der Waals surface area contributed by atoms with Crippen LogP contribution in [0.1, 0.15) is 16.8 Å². The zero-order valence-electron chi connectivity index (χ0n) is 10.2. The molecular weight excluding hydrogens is 280 g/mol. The molecule has 1 aliphatic heterocycles. The van der Waals surface area contributed by atoms with E-state index in [1.807, 2.05) is 29.2 Å². The molecule has 1 saturated heterocycles. The molecule has 1 aromatic carbocycles. The van der Waals surface area contributed by atoms with Gasteiger partial charge in [-0.05, 0) is 44.8 Å². The summed E-state index contributed by atoms with van der Waals surface area (Å²) in [5, 5.41) is 0. The van der Waals surface area contributed by atoms with E-state index in [-0.39, 0.29) is 5.91 Å². The lowest BCUT2D eigenvalue weighted by molar-refractivity contribution is 0.0783. The molecule has 0 spiro atoms. The highest BCUT2D eigenvalue weighted by Crippen LogP contribution is 2.17. The Morgan fingerprint density at radius 2 is 2.00 bits per heavy atom. The Labute approximate surface area is 111 Å². The van der Waals surface area contributed by atoms with Crippen molar-refractivity contribution in [3.05, 3.63) is 34.3 Å². The number of hydrogen-bond acceptors (Lipinski definition) is 2. The first kappa shape index (κ1) is 12.6. The topological polar surface area (TPSA) is 23.6 Å². The van der Waals surface area contributed by atoms with Crippen LogP contribution in [0.4, 0.5) is 0 Å². The molecule has 17 heavy (non-hydrogen) atoms. The monoisotopic (exact) mass is 296 g/mol. The molecule has 0 aromatic heterocycles. The SMILES string of the molecule is CN(C)[C@@H]1CCN(C(=O)c2ccc(Br)cc2)C1. The molecule has 1 atom stereocenters. The van der Waals surface area contributed by atoms with Crippen LogP contribution in [0.25, 0.3) is 0 Å². The van der Waals surface area contributed by atoms with Crippen LogP contribution in [0.15, 0.2) is 28.7 Å². The second kappa shape index (κ2) is 5.19. The van der Waals surface area contributed by atoms with Crippen molar-refractivity contribution >= 4 is 21.8 Å². The van der Waals surface area contributed by atoms with E-state index in [2.05, 4.69) is 34.9 Å². The van der Waals surface area contributed by atoms with Crippen LogP contribution in [0.2, 0.25) is 0 Å². The van der Waals surface area contributed by atoms with Crippen molar-refractivity contribution in [2.45, 2.75) is 12.5 Å². The van der Waals surface area contributed by atoms with E-state index < -0.39 is 0 Å². The van der Waals surface area contributed by atoms with E-state index in [4.69, 9.17) is 0 Å². The zero-order chi connectivity index (χ0) is 12.4. The Balaban J connectivity index is 2.04.